The standard InChI is InChI=1S/C18H19FN2O2/c19-13-3-5-14(6-4-13)20-7-9-21(10-8-20)18(22)16-12-15(16)17-2-1-11-23-17/h1-6,11,15-16H,7-10,12H2/t15-,16-/m1/s1. The minimum absolute atomic E-state index is 0.0820. The maximum Gasteiger partial charge on any atom is 0.226 e. The number of furan rings is 1. The van der Waals surface area contributed by atoms with E-state index in [0.29, 0.717) is 0 Å². The van der Waals surface area contributed by atoms with Gasteiger partial charge < -0.3 is 14.2 Å². The van der Waals surface area contributed by atoms with Gasteiger partial charge in [-0.3, -0.25) is 4.79 Å². The van der Waals surface area contributed by atoms with E-state index in [1.165, 1.54) is 12.1 Å². The van der Waals surface area contributed by atoms with Gasteiger partial charge in [0.05, 0.1) is 6.26 Å². The van der Waals surface area contributed by atoms with Crippen LogP contribution >= 0.6 is 0 Å². The largest absolute Gasteiger partial charge is 0.469 e. The number of piperazine rings is 1. The molecule has 1 aliphatic carbocycles. The summed E-state index contributed by atoms with van der Waals surface area (Å²) >= 11 is 0. The predicted molar refractivity (Wildman–Crippen MR) is 84.7 cm³/mol. The zero-order valence-corrected chi connectivity index (χ0v) is 12.8. The zero-order valence-electron chi connectivity index (χ0n) is 12.8. The summed E-state index contributed by atoms with van der Waals surface area (Å²) < 4.78 is 18.4. The van der Waals surface area contributed by atoms with Crippen LogP contribution in [0.15, 0.2) is 47.1 Å². The fourth-order valence-corrected chi connectivity index (χ4v) is 3.36. The van der Waals surface area contributed by atoms with Gasteiger partial charge >= 0.3 is 0 Å². The molecule has 2 fully saturated rings. The first-order valence-electron chi connectivity index (χ1n) is 8.05. The molecule has 0 spiro atoms. The molecule has 2 aliphatic rings. The number of hydrogen-bond donors (Lipinski definition) is 0. The highest BCUT2D eigenvalue weighted by Gasteiger charge is 2.47. The van der Waals surface area contributed by atoms with Gasteiger partial charge in [-0.1, -0.05) is 0 Å². The zero-order chi connectivity index (χ0) is 15.8. The second-order valence-corrected chi connectivity index (χ2v) is 6.25. The first-order valence-corrected chi connectivity index (χ1v) is 8.05. The van der Waals surface area contributed by atoms with E-state index in [1.807, 2.05) is 17.0 Å². The summed E-state index contributed by atoms with van der Waals surface area (Å²) in [4.78, 5) is 16.7. The Kier molecular flexibility index (Phi) is 3.56. The van der Waals surface area contributed by atoms with Crippen LogP contribution in [-0.2, 0) is 4.79 Å². The topological polar surface area (TPSA) is 36.7 Å². The average Bonchev–Trinajstić information content (AvgIpc) is 3.20. The van der Waals surface area contributed by atoms with Crippen molar-refractivity contribution in [3.8, 4) is 0 Å². The van der Waals surface area contributed by atoms with Crippen LogP contribution in [0.1, 0.15) is 18.1 Å². The van der Waals surface area contributed by atoms with E-state index in [4.69, 9.17) is 4.42 Å². The predicted octanol–water partition coefficient (Wildman–Crippen LogP) is 2.87. The van der Waals surface area contributed by atoms with Crippen LogP contribution in [0.5, 0.6) is 0 Å². The molecule has 2 heterocycles. The van der Waals surface area contributed by atoms with Gasteiger partial charge in [0.15, 0.2) is 0 Å². The van der Waals surface area contributed by atoms with Gasteiger partial charge in [-0.15, -0.1) is 0 Å². The smallest absolute Gasteiger partial charge is 0.226 e. The molecule has 0 bridgehead atoms. The van der Waals surface area contributed by atoms with Gasteiger partial charge in [-0.05, 0) is 42.8 Å². The van der Waals surface area contributed by atoms with E-state index in [1.54, 1.807) is 18.4 Å². The summed E-state index contributed by atoms with van der Waals surface area (Å²) in [6.07, 6.45) is 2.56. The maximum atomic E-state index is 13.0. The molecule has 0 radical (unpaired) electrons. The van der Waals surface area contributed by atoms with Crippen LogP contribution in [0.2, 0.25) is 0 Å². The highest BCUT2D eigenvalue weighted by atomic mass is 19.1. The second kappa shape index (κ2) is 5.72. The molecular formula is C18H19FN2O2. The molecular weight excluding hydrogens is 295 g/mol. The molecule has 120 valence electrons. The highest BCUT2D eigenvalue weighted by molar-refractivity contribution is 5.83. The van der Waals surface area contributed by atoms with E-state index < -0.39 is 0 Å². The molecule has 1 saturated carbocycles. The van der Waals surface area contributed by atoms with Crippen LogP contribution < -0.4 is 4.90 Å². The number of halogens is 1. The van der Waals surface area contributed by atoms with Gasteiger partial charge in [0.25, 0.3) is 0 Å². The van der Waals surface area contributed by atoms with Crippen molar-refractivity contribution in [3.63, 3.8) is 0 Å². The molecule has 1 saturated heterocycles. The van der Waals surface area contributed by atoms with Gasteiger partial charge in [-0.2, -0.15) is 0 Å². The Morgan fingerprint density at radius 3 is 2.48 bits per heavy atom. The SMILES string of the molecule is O=C([C@@H]1C[C@H]1c1ccco1)N1CCN(c2ccc(F)cc2)CC1. The Balaban J connectivity index is 1.33. The number of nitrogens with zero attached hydrogens (tertiary/aromatic N) is 2. The van der Waals surface area contributed by atoms with Crippen LogP contribution in [0.3, 0.4) is 0 Å². The monoisotopic (exact) mass is 314 g/mol. The molecule has 4 rings (SSSR count). The minimum atomic E-state index is -0.222. The quantitative estimate of drug-likeness (QED) is 0.874. The Morgan fingerprint density at radius 2 is 1.83 bits per heavy atom. The van der Waals surface area contributed by atoms with Crippen molar-refractivity contribution < 1.29 is 13.6 Å². The molecule has 0 unspecified atom stereocenters. The third-order valence-corrected chi connectivity index (χ3v) is 4.80. The first-order chi connectivity index (χ1) is 11.2. The molecule has 23 heavy (non-hydrogen) atoms. The number of benzene rings is 1. The van der Waals surface area contributed by atoms with Crippen molar-refractivity contribution in [3.05, 3.63) is 54.2 Å². The number of anilines is 1. The van der Waals surface area contributed by atoms with Crippen LogP contribution in [0, 0.1) is 11.7 Å². The van der Waals surface area contributed by atoms with Gasteiger partial charge in [0.1, 0.15) is 11.6 Å². The number of amides is 1. The van der Waals surface area contributed by atoms with E-state index in [2.05, 4.69) is 4.90 Å². The van der Waals surface area contributed by atoms with E-state index in [-0.39, 0.29) is 23.6 Å². The fourth-order valence-electron chi connectivity index (χ4n) is 3.36. The number of rotatable bonds is 3. The Labute approximate surface area is 134 Å². The molecule has 1 aliphatic heterocycles. The van der Waals surface area contributed by atoms with E-state index in [0.717, 1.165) is 44.0 Å². The van der Waals surface area contributed by atoms with Gasteiger partial charge in [-0.25, -0.2) is 4.39 Å². The van der Waals surface area contributed by atoms with Crippen molar-refractivity contribution >= 4 is 11.6 Å². The maximum absolute atomic E-state index is 13.0. The fraction of sp³-hybridized carbons (Fsp3) is 0.389. The lowest BCUT2D eigenvalue weighted by molar-refractivity contribution is -0.133. The molecule has 0 N–H and O–H groups in total. The van der Waals surface area contributed by atoms with Gasteiger partial charge in [0, 0.05) is 43.7 Å². The summed E-state index contributed by atoms with van der Waals surface area (Å²) in [5.74, 6) is 1.28. The Morgan fingerprint density at radius 1 is 1.09 bits per heavy atom. The third-order valence-electron chi connectivity index (χ3n) is 4.80. The van der Waals surface area contributed by atoms with Crippen LogP contribution in [0.4, 0.5) is 10.1 Å². The Hall–Kier alpha value is -2.30. The van der Waals surface area contributed by atoms with Crippen molar-refractivity contribution in [2.24, 2.45) is 5.92 Å². The highest BCUT2D eigenvalue weighted by Crippen LogP contribution is 2.48. The molecule has 1 aromatic heterocycles. The first kappa shape index (κ1) is 14.3. The molecule has 1 amide bonds. The summed E-state index contributed by atoms with van der Waals surface area (Å²) in [5, 5.41) is 0. The number of carbonyl (C=O) groups excluding carboxylic acids is 1. The molecule has 2 atom stereocenters. The molecule has 5 heteroatoms. The number of carbonyl (C=O) groups is 1. The van der Waals surface area contributed by atoms with E-state index >= 15 is 0 Å². The lowest BCUT2D eigenvalue weighted by Gasteiger charge is -2.36. The second-order valence-electron chi connectivity index (χ2n) is 6.25. The summed E-state index contributed by atoms with van der Waals surface area (Å²) in [6, 6.07) is 10.4. The minimum Gasteiger partial charge on any atom is -0.469 e. The van der Waals surface area contributed by atoms with Crippen LogP contribution in [-0.4, -0.2) is 37.0 Å². The average molecular weight is 314 g/mol. The summed E-state index contributed by atoms with van der Waals surface area (Å²) in [7, 11) is 0. The molecule has 2 aromatic rings. The van der Waals surface area contributed by atoms with Crippen LogP contribution in [0.25, 0.3) is 0 Å². The Bertz CT molecular complexity index is 676. The van der Waals surface area contributed by atoms with Crippen molar-refractivity contribution in [1.82, 2.24) is 4.90 Å². The van der Waals surface area contributed by atoms with Crippen molar-refractivity contribution in [2.45, 2.75) is 12.3 Å². The lowest BCUT2D eigenvalue weighted by Crippen LogP contribution is -2.49. The van der Waals surface area contributed by atoms with Gasteiger partial charge in [0.2, 0.25) is 5.91 Å². The lowest BCUT2D eigenvalue weighted by atomic mass is 10.2. The third kappa shape index (κ3) is 2.83. The summed E-state index contributed by atoms with van der Waals surface area (Å²) in [6.45, 7) is 3.01. The normalized spacial score (nSPS) is 23.9. The number of hydrogen-bond acceptors (Lipinski definition) is 3. The van der Waals surface area contributed by atoms with E-state index in [9.17, 15) is 9.18 Å². The summed E-state index contributed by atoms with van der Waals surface area (Å²) in [5.41, 5.74) is 1.01. The molecule has 1 aromatic carbocycles. The van der Waals surface area contributed by atoms with Crippen molar-refractivity contribution in [2.75, 3.05) is 31.1 Å². The van der Waals surface area contributed by atoms with Crippen molar-refractivity contribution in [1.29, 1.82) is 0 Å². The molecule has 4 nitrogen and oxygen atoms in total.